The monoisotopic (exact) mass is 686 g/mol. The predicted octanol–water partition coefficient (Wildman–Crippen LogP) is 12.7. The molecule has 0 aliphatic carbocycles. The predicted molar refractivity (Wildman–Crippen MR) is 216 cm³/mol. The number of para-hydroxylation sites is 1. The van der Waals surface area contributed by atoms with Gasteiger partial charge in [0, 0.05) is 57.5 Å². The van der Waals surface area contributed by atoms with Gasteiger partial charge in [0.15, 0.2) is 11.6 Å². The van der Waals surface area contributed by atoms with Crippen molar-refractivity contribution in [2.24, 2.45) is 0 Å². The quantitative estimate of drug-likeness (QED) is 0.185. The third kappa shape index (κ3) is 4.34. The summed E-state index contributed by atoms with van der Waals surface area (Å²) in [6.07, 6.45) is 0. The first-order valence-electron chi connectivity index (χ1n) is 17.0. The molecule has 0 bridgehead atoms. The maximum absolute atomic E-state index is 5.35. The van der Waals surface area contributed by atoms with Crippen LogP contribution in [0.15, 0.2) is 158 Å². The Hall–Kier alpha value is -6.21. The summed E-state index contributed by atoms with van der Waals surface area (Å²) >= 11 is 3.75. The minimum absolute atomic E-state index is 0.604. The normalized spacial score (nSPS) is 11.9. The van der Waals surface area contributed by atoms with E-state index in [0.29, 0.717) is 17.6 Å². The van der Waals surface area contributed by atoms with E-state index in [1.807, 2.05) is 46.9 Å². The lowest BCUT2D eigenvalue weighted by Gasteiger charge is -2.12. The van der Waals surface area contributed by atoms with Crippen molar-refractivity contribution in [2.75, 3.05) is 0 Å². The van der Waals surface area contributed by atoms with Gasteiger partial charge in [0.2, 0.25) is 5.95 Å². The fourth-order valence-electron chi connectivity index (χ4n) is 7.60. The van der Waals surface area contributed by atoms with Crippen molar-refractivity contribution in [1.82, 2.24) is 19.5 Å². The van der Waals surface area contributed by atoms with Crippen LogP contribution in [0.25, 0.3) is 102 Å². The molecule has 0 unspecified atom stereocenters. The largest absolute Gasteiger partial charge is 0.276 e. The SMILES string of the molecule is c1ccc(-c2cccc(-c3nc(-c4ccccc4)nc(-n4c5ccccc5c5c6c7ccccc7sc6c6c7ccccc7sc6c54)n3)c2)cc1. The maximum Gasteiger partial charge on any atom is 0.238 e. The van der Waals surface area contributed by atoms with Crippen molar-refractivity contribution in [2.45, 2.75) is 0 Å². The lowest BCUT2D eigenvalue weighted by Crippen LogP contribution is -2.06. The smallest absolute Gasteiger partial charge is 0.238 e. The lowest BCUT2D eigenvalue weighted by atomic mass is 10.0. The molecule has 6 heteroatoms. The molecule has 11 aromatic rings. The van der Waals surface area contributed by atoms with Crippen LogP contribution in [0.4, 0.5) is 0 Å². The van der Waals surface area contributed by atoms with E-state index in [-0.39, 0.29) is 0 Å². The fourth-order valence-corrected chi connectivity index (χ4v) is 10.2. The summed E-state index contributed by atoms with van der Waals surface area (Å²) in [5.74, 6) is 1.88. The van der Waals surface area contributed by atoms with Crippen molar-refractivity contribution < 1.29 is 0 Å². The zero-order chi connectivity index (χ0) is 33.5. The fraction of sp³-hybridized carbons (Fsp3) is 0. The Bertz CT molecular complexity index is 3140. The average Bonchev–Trinajstić information content (AvgIpc) is 3.88. The highest BCUT2D eigenvalue weighted by Crippen LogP contribution is 2.51. The molecule has 4 nitrogen and oxygen atoms in total. The van der Waals surface area contributed by atoms with Gasteiger partial charge in [-0.1, -0.05) is 133 Å². The minimum Gasteiger partial charge on any atom is -0.276 e. The molecule has 51 heavy (non-hydrogen) atoms. The molecule has 238 valence electrons. The van der Waals surface area contributed by atoms with Crippen LogP contribution >= 0.6 is 22.7 Å². The van der Waals surface area contributed by atoms with Crippen LogP contribution in [-0.4, -0.2) is 19.5 Å². The number of hydrogen-bond acceptors (Lipinski definition) is 5. The van der Waals surface area contributed by atoms with Crippen molar-refractivity contribution >= 4 is 84.8 Å². The summed E-state index contributed by atoms with van der Waals surface area (Å²) in [5, 5.41) is 7.59. The molecule has 4 heterocycles. The molecule has 0 saturated heterocycles. The number of aromatic nitrogens is 4. The van der Waals surface area contributed by atoms with E-state index >= 15 is 0 Å². The van der Waals surface area contributed by atoms with Gasteiger partial charge >= 0.3 is 0 Å². The first-order chi connectivity index (χ1) is 25.3. The van der Waals surface area contributed by atoms with Gasteiger partial charge in [0.05, 0.1) is 15.7 Å². The number of thiophene rings is 2. The van der Waals surface area contributed by atoms with Gasteiger partial charge in [-0.25, -0.2) is 4.98 Å². The Morgan fingerprint density at radius 1 is 0.392 bits per heavy atom. The first kappa shape index (κ1) is 28.6. The second-order valence-electron chi connectivity index (χ2n) is 12.8. The summed E-state index contributed by atoms with van der Waals surface area (Å²) < 4.78 is 7.44. The topological polar surface area (TPSA) is 43.6 Å². The third-order valence-corrected chi connectivity index (χ3v) is 12.2. The highest BCUT2D eigenvalue weighted by atomic mass is 32.1. The van der Waals surface area contributed by atoms with Crippen LogP contribution in [0.5, 0.6) is 0 Å². The van der Waals surface area contributed by atoms with Crippen LogP contribution in [0.1, 0.15) is 0 Å². The molecule has 11 rings (SSSR count). The highest BCUT2D eigenvalue weighted by Gasteiger charge is 2.26. The van der Waals surface area contributed by atoms with Crippen LogP contribution in [0, 0.1) is 0 Å². The van der Waals surface area contributed by atoms with Crippen LogP contribution in [-0.2, 0) is 0 Å². The summed E-state index contributed by atoms with van der Waals surface area (Å²) in [5.41, 5.74) is 6.36. The number of nitrogens with zero attached hydrogens (tertiary/aromatic N) is 4. The molecule has 0 N–H and O–H groups in total. The van der Waals surface area contributed by atoms with E-state index in [1.165, 1.54) is 51.1 Å². The standard InChI is InChI=1S/C45H26N4S2/c1-3-14-27(15-4-1)29-18-13-19-30(26-29)44-46-43(28-16-5-2-6-17-28)47-45(48-44)49-34-23-10-7-20-31(34)37-38-32-21-8-11-24-35(32)50-41(38)39-33-22-9-12-25-36(33)51-42(39)40(37)49/h1-26H. The van der Waals surface area contributed by atoms with Gasteiger partial charge < -0.3 is 0 Å². The number of fused-ring (bicyclic) bond motifs is 12. The van der Waals surface area contributed by atoms with Crippen LogP contribution in [0.3, 0.4) is 0 Å². The minimum atomic E-state index is 0.604. The van der Waals surface area contributed by atoms with E-state index in [0.717, 1.165) is 33.3 Å². The average molecular weight is 687 g/mol. The molecular weight excluding hydrogens is 661 g/mol. The Kier molecular flexibility index (Phi) is 6.26. The molecule has 0 aliphatic heterocycles. The zero-order valence-corrected chi connectivity index (χ0v) is 28.7. The number of hydrogen-bond donors (Lipinski definition) is 0. The second kappa shape index (κ2) is 11.2. The lowest BCUT2D eigenvalue weighted by molar-refractivity contribution is 0.955. The van der Waals surface area contributed by atoms with Gasteiger partial charge in [-0.2, -0.15) is 9.97 Å². The second-order valence-corrected chi connectivity index (χ2v) is 14.9. The number of rotatable bonds is 4. The van der Waals surface area contributed by atoms with Gasteiger partial charge in [-0.3, -0.25) is 4.57 Å². The van der Waals surface area contributed by atoms with Gasteiger partial charge in [-0.05, 0) is 35.4 Å². The summed E-state index contributed by atoms with van der Waals surface area (Å²) in [6, 6.07) is 55.5. The molecule has 0 radical (unpaired) electrons. The van der Waals surface area contributed by atoms with Crippen molar-refractivity contribution in [3.05, 3.63) is 158 Å². The van der Waals surface area contributed by atoms with E-state index in [9.17, 15) is 0 Å². The molecule has 0 aliphatic rings. The molecule has 0 spiro atoms. The highest BCUT2D eigenvalue weighted by molar-refractivity contribution is 7.30. The molecular formula is C45H26N4S2. The van der Waals surface area contributed by atoms with Crippen LogP contribution in [0.2, 0.25) is 0 Å². The van der Waals surface area contributed by atoms with Gasteiger partial charge in [0.25, 0.3) is 0 Å². The molecule has 0 saturated carbocycles. The molecule has 7 aromatic carbocycles. The van der Waals surface area contributed by atoms with Crippen molar-refractivity contribution in [3.8, 4) is 39.9 Å². The molecule has 0 amide bonds. The van der Waals surface area contributed by atoms with Gasteiger partial charge in [-0.15, -0.1) is 22.7 Å². The van der Waals surface area contributed by atoms with Crippen molar-refractivity contribution in [3.63, 3.8) is 0 Å². The molecule has 0 atom stereocenters. The summed E-state index contributed by atoms with van der Waals surface area (Å²) in [7, 11) is 0. The van der Waals surface area contributed by atoms with E-state index in [4.69, 9.17) is 15.0 Å². The van der Waals surface area contributed by atoms with Crippen LogP contribution < -0.4 is 0 Å². The molecule has 0 fully saturated rings. The Morgan fingerprint density at radius 2 is 0.941 bits per heavy atom. The van der Waals surface area contributed by atoms with Crippen molar-refractivity contribution in [1.29, 1.82) is 0 Å². The number of benzene rings is 7. The Morgan fingerprint density at radius 3 is 1.69 bits per heavy atom. The van der Waals surface area contributed by atoms with E-state index in [1.54, 1.807) is 0 Å². The third-order valence-electron chi connectivity index (χ3n) is 9.84. The maximum atomic E-state index is 5.35. The van der Waals surface area contributed by atoms with E-state index in [2.05, 4.69) is 138 Å². The summed E-state index contributed by atoms with van der Waals surface area (Å²) in [6.45, 7) is 0. The van der Waals surface area contributed by atoms with Gasteiger partial charge in [0.1, 0.15) is 0 Å². The van der Waals surface area contributed by atoms with E-state index < -0.39 is 0 Å². The first-order valence-corrected chi connectivity index (χ1v) is 18.6. The molecule has 4 aromatic heterocycles. The Balaban J connectivity index is 1.30. The Labute approximate surface area is 300 Å². The summed E-state index contributed by atoms with van der Waals surface area (Å²) in [4.78, 5) is 15.8. The zero-order valence-electron chi connectivity index (χ0n) is 27.1.